The summed E-state index contributed by atoms with van der Waals surface area (Å²) in [6.45, 7) is 0.254. The number of alkyl halides is 3. The average Bonchev–Trinajstić information content (AvgIpc) is 2.94. The summed E-state index contributed by atoms with van der Waals surface area (Å²) >= 11 is 1.80. The van der Waals surface area contributed by atoms with Crippen LogP contribution >= 0.6 is 11.8 Å². The highest BCUT2D eigenvalue weighted by molar-refractivity contribution is 7.99. The third kappa shape index (κ3) is 10.4. The molecule has 0 heterocycles. The van der Waals surface area contributed by atoms with Crippen LogP contribution in [0.3, 0.4) is 0 Å². The Balaban J connectivity index is 1.26. The molecule has 1 amide bonds. The van der Waals surface area contributed by atoms with Crippen LogP contribution in [0, 0.1) is 0 Å². The maximum atomic E-state index is 12.7. The highest BCUT2D eigenvalue weighted by Gasteiger charge is 2.29. The van der Waals surface area contributed by atoms with E-state index < -0.39 is 11.7 Å². The van der Waals surface area contributed by atoms with Crippen molar-refractivity contribution in [1.82, 2.24) is 5.32 Å². The monoisotopic (exact) mass is 557 g/mol. The second-order valence-electron chi connectivity index (χ2n) is 9.24. The lowest BCUT2D eigenvalue weighted by Crippen LogP contribution is -2.26. The minimum atomic E-state index is -4.32. The molecule has 0 atom stereocenters. The first-order valence-corrected chi connectivity index (χ1v) is 14.1. The zero-order chi connectivity index (χ0) is 28.1. The highest BCUT2D eigenvalue weighted by atomic mass is 32.2. The number of ether oxygens (including phenoxy) is 1. The van der Waals surface area contributed by atoms with Gasteiger partial charge in [-0.15, -0.1) is 11.8 Å². The van der Waals surface area contributed by atoms with Gasteiger partial charge < -0.3 is 10.1 Å². The third-order valence-corrected chi connectivity index (χ3v) is 7.44. The minimum Gasteiger partial charge on any atom is -0.469 e. The van der Waals surface area contributed by atoms with E-state index >= 15 is 0 Å². The van der Waals surface area contributed by atoms with E-state index in [1.165, 1.54) is 37.6 Å². The van der Waals surface area contributed by atoms with Gasteiger partial charge in [-0.3, -0.25) is 9.59 Å². The number of esters is 1. The van der Waals surface area contributed by atoms with Gasteiger partial charge in [-0.1, -0.05) is 55.7 Å². The van der Waals surface area contributed by atoms with Crippen molar-refractivity contribution in [2.24, 2.45) is 0 Å². The molecule has 0 unspecified atom stereocenters. The molecule has 0 aromatic heterocycles. The summed E-state index contributed by atoms with van der Waals surface area (Å²) < 4.78 is 42.8. The Kier molecular flexibility index (Phi) is 11.9. The standard InChI is InChI=1S/C31H34F3NO3S/c1-38-29(36)20-21-35-30(37)26-10-8-23(9-11-26)7-5-3-2-4-6-22-39-28-18-14-25(15-19-28)24-12-16-27(17-13-24)31(32,33)34/h8-19H,2-7,20-22H2,1H3,(H,35,37). The number of halogens is 3. The number of thioether (sulfide) groups is 1. The number of methoxy groups -OCH3 is 1. The molecule has 0 aliphatic heterocycles. The molecule has 0 radical (unpaired) electrons. The SMILES string of the molecule is COC(=O)CCNC(=O)c1ccc(CCCCCCCSc2ccc(-c3ccc(C(F)(F)F)cc3)cc2)cc1. The molecule has 0 aliphatic carbocycles. The van der Waals surface area contributed by atoms with Crippen molar-refractivity contribution in [3.63, 3.8) is 0 Å². The Bertz CT molecular complexity index is 1180. The molecule has 3 aromatic carbocycles. The lowest BCUT2D eigenvalue weighted by molar-refractivity contribution is -0.140. The molecule has 0 saturated carbocycles. The number of hydrogen-bond donors (Lipinski definition) is 1. The number of carbonyl (C=O) groups excluding carboxylic acids is 2. The maximum Gasteiger partial charge on any atom is 0.416 e. The van der Waals surface area contributed by atoms with Gasteiger partial charge in [0.15, 0.2) is 0 Å². The zero-order valence-electron chi connectivity index (χ0n) is 22.1. The lowest BCUT2D eigenvalue weighted by atomic mass is 10.0. The van der Waals surface area contributed by atoms with E-state index in [0.29, 0.717) is 5.56 Å². The van der Waals surface area contributed by atoms with Crippen LogP contribution in [-0.4, -0.2) is 31.3 Å². The first-order valence-electron chi connectivity index (χ1n) is 13.1. The van der Waals surface area contributed by atoms with Crippen LogP contribution in [-0.2, 0) is 22.1 Å². The van der Waals surface area contributed by atoms with Gasteiger partial charge in [0.2, 0.25) is 0 Å². The number of carbonyl (C=O) groups is 2. The van der Waals surface area contributed by atoms with Crippen LogP contribution < -0.4 is 5.32 Å². The van der Waals surface area contributed by atoms with Gasteiger partial charge in [0.25, 0.3) is 5.91 Å². The summed E-state index contributed by atoms with van der Waals surface area (Å²) in [4.78, 5) is 24.4. The number of amides is 1. The van der Waals surface area contributed by atoms with Gasteiger partial charge in [-0.25, -0.2) is 0 Å². The molecule has 1 N–H and O–H groups in total. The van der Waals surface area contributed by atoms with Crippen molar-refractivity contribution in [3.8, 4) is 11.1 Å². The van der Waals surface area contributed by atoms with Crippen molar-refractivity contribution in [2.75, 3.05) is 19.4 Å². The van der Waals surface area contributed by atoms with E-state index in [0.717, 1.165) is 59.6 Å². The molecule has 0 saturated heterocycles. The Morgan fingerprint density at radius 2 is 1.38 bits per heavy atom. The molecule has 0 bridgehead atoms. The Morgan fingerprint density at radius 1 is 0.795 bits per heavy atom. The molecule has 0 spiro atoms. The van der Waals surface area contributed by atoms with Gasteiger partial charge in [0.05, 0.1) is 19.1 Å². The van der Waals surface area contributed by atoms with Crippen molar-refractivity contribution < 1.29 is 27.5 Å². The van der Waals surface area contributed by atoms with E-state index in [9.17, 15) is 22.8 Å². The first kappa shape index (κ1) is 30.3. The largest absolute Gasteiger partial charge is 0.469 e. The normalized spacial score (nSPS) is 11.3. The third-order valence-electron chi connectivity index (χ3n) is 6.34. The molecule has 3 aromatic rings. The summed E-state index contributed by atoms with van der Waals surface area (Å²) in [6.07, 6.45) is 2.54. The number of hydrogen-bond acceptors (Lipinski definition) is 4. The van der Waals surface area contributed by atoms with Crippen LogP contribution in [0.15, 0.2) is 77.7 Å². The smallest absolute Gasteiger partial charge is 0.416 e. The summed E-state index contributed by atoms with van der Waals surface area (Å²) in [6, 6.07) is 20.8. The molecular weight excluding hydrogens is 523 g/mol. The van der Waals surface area contributed by atoms with Crippen LogP contribution in [0.2, 0.25) is 0 Å². The van der Waals surface area contributed by atoms with Gasteiger partial charge in [-0.05, 0) is 78.1 Å². The predicted molar refractivity (Wildman–Crippen MR) is 150 cm³/mol. The fourth-order valence-corrected chi connectivity index (χ4v) is 4.96. The number of aryl methyl sites for hydroxylation is 1. The zero-order valence-corrected chi connectivity index (χ0v) is 22.9. The van der Waals surface area contributed by atoms with Gasteiger partial charge in [0.1, 0.15) is 0 Å². The van der Waals surface area contributed by atoms with Crippen LogP contribution in [0.25, 0.3) is 11.1 Å². The van der Waals surface area contributed by atoms with Crippen LogP contribution in [0.4, 0.5) is 13.2 Å². The van der Waals surface area contributed by atoms with E-state index in [1.54, 1.807) is 11.8 Å². The fraction of sp³-hybridized carbons (Fsp3) is 0.355. The predicted octanol–water partition coefficient (Wildman–Crippen LogP) is 7.95. The molecule has 208 valence electrons. The average molecular weight is 558 g/mol. The summed E-state index contributed by atoms with van der Waals surface area (Å²) in [5.41, 5.74) is 2.83. The molecule has 0 fully saturated rings. The minimum absolute atomic E-state index is 0.154. The number of benzene rings is 3. The van der Waals surface area contributed by atoms with E-state index in [-0.39, 0.29) is 24.8 Å². The van der Waals surface area contributed by atoms with E-state index in [1.807, 2.05) is 48.5 Å². The summed E-state index contributed by atoms with van der Waals surface area (Å²) in [5, 5.41) is 2.71. The Hall–Kier alpha value is -3.26. The van der Waals surface area contributed by atoms with Crippen molar-refractivity contribution in [2.45, 2.75) is 56.0 Å². The molecule has 8 heteroatoms. The Labute approximate surface area is 232 Å². The number of rotatable bonds is 14. The molecule has 3 rings (SSSR count). The summed E-state index contributed by atoms with van der Waals surface area (Å²) in [7, 11) is 1.32. The maximum absolute atomic E-state index is 12.7. The lowest BCUT2D eigenvalue weighted by Gasteiger charge is -2.08. The van der Waals surface area contributed by atoms with E-state index in [2.05, 4.69) is 10.1 Å². The van der Waals surface area contributed by atoms with Gasteiger partial charge in [0, 0.05) is 17.0 Å². The Morgan fingerprint density at radius 3 is 2.00 bits per heavy atom. The van der Waals surface area contributed by atoms with E-state index in [4.69, 9.17) is 0 Å². The van der Waals surface area contributed by atoms with Gasteiger partial charge in [-0.2, -0.15) is 13.2 Å². The molecule has 4 nitrogen and oxygen atoms in total. The van der Waals surface area contributed by atoms with Crippen LogP contribution in [0.1, 0.15) is 60.0 Å². The highest BCUT2D eigenvalue weighted by Crippen LogP contribution is 2.31. The number of unbranched alkanes of at least 4 members (excludes halogenated alkanes) is 4. The first-order chi connectivity index (χ1) is 18.8. The second kappa shape index (κ2) is 15.4. The second-order valence-corrected chi connectivity index (χ2v) is 10.4. The molecule has 39 heavy (non-hydrogen) atoms. The molecule has 0 aliphatic rings. The quantitative estimate of drug-likeness (QED) is 0.124. The molecular formula is C31H34F3NO3S. The number of nitrogens with one attached hydrogen (secondary N) is 1. The topological polar surface area (TPSA) is 55.4 Å². The van der Waals surface area contributed by atoms with Crippen molar-refractivity contribution in [1.29, 1.82) is 0 Å². The van der Waals surface area contributed by atoms with Crippen molar-refractivity contribution >= 4 is 23.6 Å². The fourth-order valence-electron chi connectivity index (χ4n) is 4.05. The summed E-state index contributed by atoms with van der Waals surface area (Å²) in [5.74, 6) is 0.484. The van der Waals surface area contributed by atoms with Crippen molar-refractivity contribution in [3.05, 3.63) is 89.5 Å². The van der Waals surface area contributed by atoms with Gasteiger partial charge >= 0.3 is 12.1 Å². The van der Waals surface area contributed by atoms with Crippen LogP contribution in [0.5, 0.6) is 0 Å².